The van der Waals surface area contributed by atoms with E-state index in [2.05, 4.69) is 29.0 Å². The quantitative estimate of drug-likeness (QED) is 0.877. The Bertz CT molecular complexity index is 555. The summed E-state index contributed by atoms with van der Waals surface area (Å²) in [5.74, 6) is 0. The lowest BCUT2D eigenvalue weighted by atomic mass is 10.0. The molecule has 3 heteroatoms. The molecule has 0 unspecified atom stereocenters. The van der Waals surface area contributed by atoms with Gasteiger partial charge in [0.15, 0.2) is 0 Å². The number of nitrogens with one attached hydrogen (secondary N) is 1. The average molecular weight is 228 g/mol. The van der Waals surface area contributed by atoms with Crippen LogP contribution in [0.4, 0.5) is 0 Å². The zero-order chi connectivity index (χ0) is 12.3. The summed E-state index contributed by atoms with van der Waals surface area (Å²) in [6.07, 6.45) is 3.67. The first-order valence-electron chi connectivity index (χ1n) is 5.86. The molecule has 0 radical (unpaired) electrons. The van der Waals surface area contributed by atoms with E-state index in [-0.39, 0.29) is 5.56 Å². The Morgan fingerprint density at radius 2 is 1.94 bits per heavy atom. The zero-order valence-electron chi connectivity index (χ0n) is 10.2. The second-order valence-corrected chi connectivity index (χ2v) is 4.15. The number of benzene rings is 1. The van der Waals surface area contributed by atoms with Crippen LogP contribution in [0.1, 0.15) is 24.5 Å². The van der Waals surface area contributed by atoms with E-state index in [1.807, 2.05) is 12.1 Å². The maximum absolute atomic E-state index is 11.5. The summed E-state index contributed by atoms with van der Waals surface area (Å²) >= 11 is 0. The molecule has 0 amide bonds. The van der Waals surface area contributed by atoms with Gasteiger partial charge in [-0.15, -0.1) is 0 Å². The largest absolute Gasteiger partial charge is 0.313 e. The van der Waals surface area contributed by atoms with Gasteiger partial charge in [0.05, 0.1) is 12.0 Å². The number of aromatic amines is 1. The summed E-state index contributed by atoms with van der Waals surface area (Å²) in [4.78, 5) is 18.3. The van der Waals surface area contributed by atoms with Crippen LogP contribution in [0.2, 0.25) is 0 Å². The van der Waals surface area contributed by atoms with Crippen LogP contribution in [-0.2, 0) is 6.42 Å². The predicted octanol–water partition coefficient (Wildman–Crippen LogP) is 2.70. The number of H-pyrrole nitrogens is 1. The van der Waals surface area contributed by atoms with Crippen molar-refractivity contribution in [2.24, 2.45) is 0 Å². The molecule has 3 nitrogen and oxygen atoms in total. The van der Waals surface area contributed by atoms with Gasteiger partial charge >= 0.3 is 0 Å². The van der Waals surface area contributed by atoms with Gasteiger partial charge in [-0.05, 0) is 18.9 Å². The smallest absolute Gasteiger partial charge is 0.254 e. The van der Waals surface area contributed by atoms with Gasteiger partial charge in [-0.2, -0.15) is 0 Å². The second-order valence-electron chi connectivity index (χ2n) is 4.15. The fraction of sp³-hybridized carbons (Fsp3) is 0.286. The normalized spacial score (nSPS) is 10.5. The van der Waals surface area contributed by atoms with Crippen molar-refractivity contribution in [2.75, 3.05) is 0 Å². The molecule has 0 saturated carbocycles. The van der Waals surface area contributed by atoms with Crippen LogP contribution in [0.5, 0.6) is 0 Å². The van der Waals surface area contributed by atoms with Crippen LogP contribution in [0.3, 0.4) is 0 Å². The molecule has 88 valence electrons. The first kappa shape index (κ1) is 11.6. The maximum atomic E-state index is 11.5. The average Bonchev–Trinajstić information content (AvgIpc) is 2.34. The highest BCUT2D eigenvalue weighted by molar-refractivity contribution is 5.62. The highest BCUT2D eigenvalue weighted by Gasteiger charge is 2.05. The number of hydrogen-bond donors (Lipinski definition) is 1. The minimum atomic E-state index is -0.0763. The molecule has 1 N–H and O–H groups in total. The maximum Gasteiger partial charge on any atom is 0.254 e. The first-order chi connectivity index (χ1) is 8.22. The number of aromatic nitrogens is 2. The molecule has 1 aromatic heterocycles. The molecule has 2 rings (SSSR count). The van der Waals surface area contributed by atoms with Crippen molar-refractivity contribution >= 4 is 0 Å². The van der Waals surface area contributed by atoms with Crippen LogP contribution >= 0.6 is 0 Å². The van der Waals surface area contributed by atoms with Crippen LogP contribution in [0, 0.1) is 6.92 Å². The van der Waals surface area contributed by atoms with Gasteiger partial charge in [0.1, 0.15) is 0 Å². The Morgan fingerprint density at radius 3 is 2.59 bits per heavy atom. The number of nitrogens with zero attached hydrogens (tertiary/aromatic N) is 1. The van der Waals surface area contributed by atoms with Crippen LogP contribution in [-0.4, -0.2) is 9.97 Å². The predicted molar refractivity (Wildman–Crippen MR) is 69.0 cm³/mol. The number of hydrogen-bond acceptors (Lipinski definition) is 2. The van der Waals surface area contributed by atoms with Gasteiger partial charge < -0.3 is 4.98 Å². The summed E-state index contributed by atoms with van der Waals surface area (Å²) in [5, 5.41) is 0. The van der Waals surface area contributed by atoms with Gasteiger partial charge in [0.25, 0.3) is 5.56 Å². The SMILES string of the molecule is CCCc1ccc(-c2nc[nH]c(=O)c2C)cc1. The Kier molecular flexibility index (Phi) is 3.38. The Balaban J connectivity index is 2.40. The molecule has 0 saturated heterocycles. The molecule has 0 aliphatic rings. The number of rotatable bonds is 3. The van der Waals surface area contributed by atoms with Crippen LogP contribution < -0.4 is 5.56 Å². The summed E-state index contributed by atoms with van der Waals surface area (Å²) in [6.45, 7) is 3.96. The highest BCUT2D eigenvalue weighted by atomic mass is 16.1. The van der Waals surface area contributed by atoms with Gasteiger partial charge in [-0.1, -0.05) is 37.6 Å². The molecule has 1 heterocycles. The summed E-state index contributed by atoms with van der Waals surface area (Å²) < 4.78 is 0. The lowest BCUT2D eigenvalue weighted by molar-refractivity contribution is 0.922. The van der Waals surface area contributed by atoms with E-state index in [0.29, 0.717) is 5.56 Å². The van der Waals surface area contributed by atoms with Crippen molar-refractivity contribution in [2.45, 2.75) is 26.7 Å². The lowest BCUT2D eigenvalue weighted by Gasteiger charge is -2.05. The standard InChI is InChI=1S/C14H16N2O/c1-3-4-11-5-7-12(8-6-11)13-10(2)14(17)16-9-15-13/h5-9H,3-4H2,1-2H3,(H,15,16,17). The van der Waals surface area contributed by atoms with E-state index in [9.17, 15) is 4.79 Å². The highest BCUT2D eigenvalue weighted by Crippen LogP contribution is 2.19. The Morgan fingerprint density at radius 1 is 1.24 bits per heavy atom. The molecule has 2 aromatic rings. The molecular weight excluding hydrogens is 212 g/mol. The first-order valence-corrected chi connectivity index (χ1v) is 5.86. The van der Waals surface area contributed by atoms with Gasteiger partial charge in [-0.3, -0.25) is 4.79 Å². The summed E-state index contributed by atoms with van der Waals surface area (Å²) in [6, 6.07) is 8.25. The van der Waals surface area contributed by atoms with Crippen LogP contribution in [0.15, 0.2) is 35.4 Å². The van der Waals surface area contributed by atoms with Crippen LogP contribution in [0.25, 0.3) is 11.3 Å². The van der Waals surface area contributed by atoms with Crippen molar-refractivity contribution < 1.29 is 0 Å². The molecule has 0 bridgehead atoms. The molecule has 17 heavy (non-hydrogen) atoms. The van der Waals surface area contributed by atoms with Crippen molar-refractivity contribution in [3.8, 4) is 11.3 Å². The molecule has 0 atom stereocenters. The minimum Gasteiger partial charge on any atom is -0.313 e. The molecule has 1 aromatic carbocycles. The molecule has 0 spiro atoms. The third-order valence-corrected chi connectivity index (χ3v) is 2.85. The lowest BCUT2D eigenvalue weighted by Crippen LogP contribution is -2.11. The van der Waals surface area contributed by atoms with E-state index in [1.54, 1.807) is 6.92 Å². The van der Waals surface area contributed by atoms with Crippen molar-refractivity contribution in [3.63, 3.8) is 0 Å². The van der Waals surface area contributed by atoms with E-state index in [0.717, 1.165) is 24.1 Å². The fourth-order valence-electron chi connectivity index (χ4n) is 1.88. The molecule has 0 aliphatic carbocycles. The third-order valence-electron chi connectivity index (χ3n) is 2.85. The zero-order valence-corrected chi connectivity index (χ0v) is 10.2. The van der Waals surface area contributed by atoms with Crippen molar-refractivity contribution in [3.05, 3.63) is 52.1 Å². The molecule has 0 aliphatic heterocycles. The van der Waals surface area contributed by atoms with Gasteiger partial charge in [0, 0.05) is 11.1 Å². The van der Waals surface area contributed by atoms with E-state index < -0.39 is 0 Å². The Labute approximate surface area is 101 Å². The van der Waals surface area contributed by atoms with Crippen molar-refractivity contribution in [1.29, 1.82) is 0 Å². The van der Waals surface area contributed by atoms with Gasteiger partial charge in [0.2, 0.25) is 0 Å². The number of aryl methyl sites for hydroxylation is 1. The van der Waals surface area contributed by atoms with E-state index in [1.165, 1.54) is 11.9 Å². The summed E-state index contributed by atoms with van der Waals surface area (Å²) in [5.41, 5.74) is 3.66. The van der Waals surface area contributed by atoms with Gasteiger partial charge in [-0.25, -0.2) is 4.98 Å². The molecule has 0 fully saturated rings. The molecular formula is C14H16N2O. The fourth-order valence-corrected chi connectivity index (χ4v) is 1.88. The third kappa shape index (κ3) is 2.44. The Hall–Kier alpha value is -1.90. The van der Waals surface area contributed by atoms with E-state index >= 15 is 0 Å². The summed E-state index contributed by atoms with van der Waals surface area (Å²) in [7, 11) is 0. The van der Waals surface area contributed by atoms with E-state index in [4.69, 9.17) is 0 Å². The second kappa shape index (κ2) is 4.95. The monoisotopic (exact) mass is 228 g/mol. The minimum absolute atomic E-state index is 0.0763. The van der Waals surface area contributed by atoms with Crippen molar-refractivity contribution in [1.82, 2.24) is 9.97 Å². The topological polar surface area (TPSA) is 45.8 Å².